The van der Waals surface area contributed by atoms with E-state index in [-0.39, 0.29) is 23.5 Å². The maximum Gasteiger partial charge on any atom is 0.335 e. The highest BCUT2D eigenvalue weighted by atomic mass is 35.5. The minimum absolute atomic E-state index is 0.149. The first-order valence-corrected chi connectivity index (χ1v) is 13.0. The number of carboxylic acids is 1. The number of oxime groups is 1. The van der Waals surface area contributed by atoms with E-state index in [9.17, 15) is 9.90 Å². The number of aromatic carboxylic acids is 1. The number of nitrogens with zero attached hydrogens (tertiary/aromatic N) is 1. The Bertz CT molecular complexity index is 1500. The van der Waals surface area contributed by atoms with Crippen LogP contribution in [0.25, 0.3) is 10.8 Å². The molecule has 4 aromatic rings. The summed E-state index contributed by atoms with van der Waals surface area (Å²) in [5, 5.41) is 19.9. The Hall–Kier alpha value is -3.74. The summed E-state index contributed by atoms with van der Waals surface area (Å²) in [5.74, 6) is -0.203. The minimum Gasteiger partial charge on any atom is -0.493 e. The molecule has 2 unspecified atom stereocenters. The summed E-state index contributed by atoms with van der Waals surface area (Å²) in [6, 6.07) is 23.9. The molecular weight excluding hydrogens is 523 g/mol. The average molecular weight is 549 g/mol. The van der Waals surface area contributed by atoms with Gasteiger partial charge in [0.25, 0.3) is 0 Å². The van der Waals surface area contributed by atoms with Crippen LogP contribution in [0.1, 0.15) is 29.8 Å². The summed E-state index contributed by atoms with van der Waals surface area (Å²) >= 11 is 12.9. The first-order chi connectivity index (χ1) is 18.3. The van der Waals surface area contributed by atoms with Gasteiger partial charge in [-0.25, -0.2) is 4.79 Å². The summed E-state index contributed by atoms with van der Waals surface area (Å²) in [4.78, 5) is 17.2. The van der Waals surface area contributed by atoms with Gasteiger partial charge in [-0.1, -0.05) is 66.5 Å². The van der Waals surface area contributed by atoms with Crippen LogP contribution in [0.15, 0.2) is 84.0 Å². The zero-order valence-electron chi connectivity index (χ0n) is 20.8. The monoisotopic (exact) mass is 548 g/mol. The topological polar surface area (TPSA) is 80.2 Å². The zero-order valence-corrected chi connectivity index (χ0v) is 22.3. The normalized spacial score (nSPS) is 16.8. The van der Waals surface area contributed by atoms with Gasteiger partial charge in [0.05, 0.1) is 21.5 Å². The second-order valence-electron chi connectivity index (χ2n) is 9.50. The summed E-state index contributed by atoms with van der Waals surface area (Å²) in [6.07, 6.45) is -0.166. The third kappa shape index (κ3) is 5.28. The fraction of sp³-hybridized carbons (Fsp3) is 0.200. The molecule has 5 rings (SSSR count). The fourth-order valence-electron chi connectivity index (χ4n) is 4.64. The van der Waals surface area contributed by atoms with Gasteiger partial charge in [0.15, 0.2) is 0 Å². The van der Waals surface area contributed by atoms with Gasteiger partial charge >= 0.3 is 5.97 Å². The van der Waals surface area contributed by atoms with Crippen molar-refractivity contribution < 1.29 is 19.5 Å². The van der Waals surface area contributed by atoms with Crippen LogP contribution in [0.2, 0.25) is 10.0 Å². The molecule has 0 aliphatic carbocycles. The molecule has 1 aliphatic heterocycles. The summed E-state index contributed by atoms with van der Waals surface area (Å²) < 4.78 is 6.18. The summed E-state index contributed by atoms with van der Waals surface area (Å²) in [5.41, 5.74) is 3.27. The lowest BCUT2D eigenvalue weighted by Crippen LogP contribution is -2.33. The van der Waals surface area contributed by atoms with Crippen molar-refractivity contribution in [1.82, 2.24) is 0 Å². The molecule has 8 heteroatoms. The van der Waals surface area contributed by atoms with Crippen molar-refractivity contribution in [2.45, 2.75) is 20.0 Å². The predicted molar refractivity (Wildman–Crippen MR) is 152 cm³/mol. The second kappa shape index (κ2) is 10.9. The predicted octanol–water partition coefficient (Wildman–Crippen LogP) is 8.04. The van der Waals surface area contributed by atoms with Crippen molar-refractivity contribution in [2.24, 2.45) is 17.0 Å². The largest absolute Gasteiger partial charge is 0.493 e. The molecule has 1 aliphatic rings. The number of nitrogens with one attached hydrogen (secondary N) is 1. The Balaban J connectivity index is 1.32. The van der Waals surface area contributed by atoms with Gasteiger partial charge in [0.1, 0.15) is 24.2 Å². The highest BCUT2D eigenvalue weighted by Gasteiger charge is 2.39. The van der Waals surface area contributed by atoms with Crippen LogP contribution >= 0.6 is 23.2 Å². The molecule has 38 heavy (non-hydrogen) atoms. The van der Waals surface area contributed by atoms with E-state index in [2.05, 4.69) is 24.3 Å². The van der Waals surface area contributed by atoms with E-state index in [1.165, 1.54) is 0 Å². The number of rotatable bonds is 8. The average Bonchev–Trinajstić information content (AvgIpc) is 3.32. The van der Waals surface area contributed by atoms with Gasteiger partial charge in [-0.2, -0.15) is 0 Å². The molecule has 194 valence electrons. The Morgan fingerprint density at radius 3 is 2.42 bits per heavy atom. The smallest absolute Gasteiger partial charge is 0.335 e. The molecule has 1 heterocycles. The van der Waals surface area contributed by atoms with Crippen molar-refractivity contribution in [3.63, 3.8) is 0 Å². The highest BCUT2D eigenvalue weighted by Crippen LogP contribution is 2.35. The molecule has 4 aromatic carbocycles. The number of anilines is 2. The van der Waals surface area contributed by atoms with Crippen LogP contribution in [-0.2, 0) is 4.84 Å². The van der Waals surface area contributed by atoms with Gasteiger partial charge in [-0.3, -0.25) is 0 Å². The second-order valence-corrected chi connectivity index (χ2v) is 10.3. The van der Waals surface area contributed by atoms with Gasteiger partial charge in [0.2, 0.25) is 0 Å². The Labute approximate surface area is 230 Å². The number of hydrogen-bond donors (Lipinski definition) is 2. The van der Waals surface area contributed by atoms with Crippen molar-refractivity contribution in [1.29, 1.82) is 0 Å². The van der Waals surface area contributed by atoms with E-state index in [1.54, 1.807) is 30.3 Å². The first-order valence-electron chi connectivity index (χ1n) is 12.3. The molecule has 2 atom stereocenters. The molecule has 0 spiro atoms. The van der Waals surface area contributed by atoms with Crippen LogP contribution in [0, 0.1) is 11.8 Å². The molecule has 2 N–H and O–H groups in total. The summed E-state index contributed by atoms with van der Waals surface area (Å²) in [7, 11) is 0. The van der Waals surface area contributed by atoms with Crippen LogP contribution in [0.3, 0.4) is 0 Å². The van der Waals surface area contributed by atoms with Crippen LogP contribution in [-0.4, -0.2) is 29.5 Å². The molecule has 0 fully saturated rings. The number of fused-ring (bicyclic) bond motifs is 1. The lowest BCUT2D eigenvalue weighted by Gasteiger charge is -2.23. The number of carboxylic acid groups (broad SMARTS) is 1. The molecule has 0 saturated heterocycles. The first kappa shape index (κ1) is 25.9. The van der Waals surface area contributed by atoms with Crippen molar-refractivity contribution in [3.8, 4) is 5.75 Å². The van der Waals surface area contributed by atoms with Crippen molar-refractivity contribution in [3.05, 3.63) is 100 Å². The van der Waals surface area contributed by atoms with Crippen LogP contribution in [0.5, 0.6) is 5.75 Å². The highest BCUT2D eigenvalue weighted by molar-refractivity contribution is 6.40. The van der Waals surface area contributed by atoms with E-state index in [0.29, 0.717) is 33.7 Å². The third-order valence-electron chi connectivity index (χ3n) is 6.59. The maximum absolute atomic E-state index is 11.4. The molecular formula is C30H26Cl2N2O4. The molecule has 6 nitrogen and oxygen atoms in total. The lowest BCUT2D eigenvalue weighted by atomic mass is 9.87. The third-order valence-corrected chi connectivity index (χ3v) is 7.22. The number of hydrogen-bond acceptors (Lipinski definition) is 5. The number of benzene rings is 4. The molecule has 0 saturated carbocycles. The van der Waals surface area contributed by atoms with Gasteiger partial charge in [0, 0.05) is 22.3 Å². The quantitative estimate of drug-likeness (QED) is 0.233. The standard InChI is InChI=1S/C30H26Cl2N2O4/c1-17(2)29-23(28(34-38-29)27-24(31)6-4-7-25(27)32)16-37-21-13-11-20(12-14-21)33-26-8-3-5-18-9-10-19(30(35)36)15-22(18)26/h3-15,17,23,29,33H,16H2,1-2H3,(H,35,36). The molecule has 0 amide bonds. The maximum atomic E-state index is 11.4. The fourth-order valence-corrected chi connectivity index (χ4v) is 5.23. The van der Waals surface area contributed by atoms with Gasteiger partial charge in [-0.05, 0) is 65.9 Å². The van der Waals surface area contributed by atoms with Crippen LogP contribution in [0.4, 0.5) is 11.4 Å². The van der Waals surface area contributed by atoms with E-state index >= 15 is 0 Å². The number of carbonyl (C=O) groups is 1. The lowest BCUT2D eigenvalue weighted by molar-refractivity contribution is 0.0178. The van der Waals surface area contributed by atoms with Gasteiger partial charge < -0.3 is 20.0 Å². The number of ether oxygens (including phenoxy) is 1. The van der Waals surface area contributed by atoms with Crippen LogP contribution < -0.4 is 10.1 Å². The van der Waals surface area contributed by atoms with Gasteiger partial charge in [-0.15, -0.1) is 0 Å². The Morgan fingerprint density at radius 2 is 1.74 bits per heavy atom. The van der Waals surface area contributed by atoms with E-state index in [0.717, 1.165) is 22.1 Å². The molecule has 0 bridgehead atoms. The van der Waals surface area contributed by atoms with E-state index in [4.69, 9.17) is 32.8 Å². The zero-order chi connectivity index (χ0) is 26.8. The summed E-state index contributed by atoms with van der Waals surface area (Å²) in [6.45, 7) is 4.51. The van der Waals surface area contributed by atoms with E-state index in [1.807, 2.05) is 48.5 Å². The van der Waals surface area contributed by atoms with Crippen molar-refractivity contribution >= 4 is 57.0 Å². The Kier molecular flexibility index (Phi) is 7.45. The van der Waals surface area contributed by atoms with E-state index < -0.39 is 5.97 Å². The molecule has 0 aromatic heterocycles. The Morgan fingerprint density at radius 1 is 1.03 bits per heavy atom. The minimum atomic E-state index is -0.958. The van der Waals surface area contributed by atoms with Crippen molar-refractivity contribution in [2.75, 3.05) is 11.9 Å². The SMILES string of the molecule is CC(C)C1ON=C(c2c(Cl)cccc2Cl)C1COc1ccc(Nc2cccc3ccc(C(=O)O)cc23)cc1. The number of halogens is 2. The molecule has 0 radical (unpaired) electrons.